The molecule has 0 fully saturated rings. The van der Waals surface area contributed by atoms with Crippen molar-refractivity contribution in [3.63, 3.8) is 0 Å². The van der Waals surface area contributed by atoms with Crippen molar-refractivity contribution in [2.24, 2.45) is 0 Å². The Hall–Kier alpha value is -1.96. The van der Waals surface area contributed by atoms with Crippen molar-refractivity contribution in [1.29, 1.82) is 0 Å². The lowest BCUT2D eigenvalue weighted by atomic mass is 9.85. The zero-order chi connectivity index (χ0) is 16.6. The molecule has 0 saturated carbocycles. The van der Waals surface area contributed by atoms with E-state index in [9.17, 15) is 5.11 Å². The highest BCUT2D eigenvalue weighted by Crippen LogP contribution is 2.35. The topological polar surface area (TPSA) is 23.5 Å². The molecule has 2 nitrogen and oxygen atoms in total. The first-order valence-corrected chi connectivity index (χ1v) is 8.51. The average molecular weight is 309 g/mol. The highest BCUT2D eigenvalue weighted by atomic mass is 16.3. The molecule has 0 aliphatic heterocycles. The molecule has 0 bridgehead atoms. The number of aryl methyl sites for hydroxylation is 1. The summed E-state index contributed by atoms with van der Waals surface area (Å²) in [5.74, 6) is 0.444. The smallest absolute Gasteiger partial charge is 0.124 e. The van der Waals surface area contributed by atoms with Crippen LogP contribution in [-0.4, -0.2) is 12.2 Å². The van der Waals surface area contributed by atoms with Crippen molar-refractivity contribution < 1.29 is 5.11 Å². The van der Waals surface area contributed by atoms with Gasteiger partial charge in [0.2, 0.25) is 0 Å². The van der Waals surface area contributed by atoms with Crippen LogP contribution in [0.4, 0.5) is 5.69 Å². The van der Waals surface area contributed by atoms with Crippen LogP contribution in [0.2, 0.25) is 0 Å². The second-order valence-electron chi connectivity index (χ2n) is 7.69. The maximum Gasteiger partial charge on any atom is 0.124 e. The van der Waals surface area contributed by atoms with Crippen molar-refractivity contribution in [2.75, 3.05) is 11.9 Å². The number of phenolic OH excluding ortho intramolecular Hbond substituents is 1. The van der Waals surface area contributed by atoms with Gasteiger partial charge in [-0.2, -0.15) is 0 Å². The SMILES string of the molecule is CN(Cc1cccc(C(C)(C)C)c1O)c1cccc2c1CCC2. The van der Waals surface area contributed by atoms with E-state index in [0.717, 1.165) is 17.7 Å². The zero-order valence-electron chi connectivity index (χ0n) is 14.7. The number of fused-ring (bicyclic) bond motifs is 1. The molecule has 2 aromatic rings. The summed E-state index contributed by atoms with van der Waals surface area (Å²) >= 11 is 0. The second-order valence-corrected chi connectivity index (χ2v) is 7.69. The van der Waals surface area contributed by atoms with Gasteiger partial charge in [0.1, 0.15) is 5.75 Å². The first kappa shape index (κ1) is 15.9. The van der Waals surface area contributed by atoms with Crippen LogP contribution in [0.1, 0.15) is 49.4 Å². The third-order valence-corrected chi connectivity index (χ3v) is 4.87. The summed E-state index contributed by atoms with van der Waals surface area (Å²) in [6, 6.07) is 12.7. The first-order chi connectivity index (χ1) is 10.9. The standard InChI is InChI=1S/C21H27NO/c1-21(2,3)18-12-6-10-16(20(18)23)14-22(4)19-13-7-9-15-8-5-11-17(15)19/h6-7,9-10,12-13,23H,5,8,11,14H2,1-4H3. The molecule has 1 N–H and O–H groups in total. The van der Waals surface area contributed by atoms with Crippen molar-refractivity contribution >= 4 is 5.69 Å². The van der Waals surface area contributed by atoms with Crippen LogP contribution in [-0.2, 0) is 24.8 Å². The van der Waals surface area contributed by atoms with E-state index in [4.69, 9.17) is 0 Å². The lowest BCUT2D eigenvalue weighted by Gasteiger charge is -2.26. The molecule has 0 radical (unpaired) electrons. The van der Waals surface area contributed by atoms with E-state index >= 15 is 0 Å². The normalized spacial score (nSPS) is 13.9. The Morgan fingerprint density at radius 3 is 2.52 bits per heavy atom. The van der Waals surface area contributed by atoms with Crippen molar-refractivity contribution in [1.82, 2.24) is 0 Å². The minimum Gasteiger partial charge on any atom is -0.507 e. The summed E-state index contributed by atoms with van der Waals surface area (Å²) in [5, 5.41) is 10.7. The summed E-state index contributed by atoms with van der Waals surface area (Å²) in [4.78, 5) is 2.27. The van der Waals surface area contributed by atoms with E-state index in [0.29, 0.717) is 5.75 Å². The van der Waals surface area contributed by atoms with E-state index in [-0.39, 0.29) is 5.41 Å². The summed E-state index contributed by atoms with van der Waals surface area (Å²) < 4.78 is 0. The number of nitrogens with zero attached hydrogens (tertiary/aromatic N) is 1. The number of anilines is 1. The summed E-state index contributed by atoms with van der Waals surface area (Å²) in [7, 11) is 2.12. The number of phenols is 1. The lowest BCUT2D eigenvalue weighted by Crippen LogP contribution is -2.19. The second kappa shape index (κ2) is 5.92. The van der Waals surface area contributed by atoms with Crippen LogP contribution in [0.5, 0.6) is 5.75 Å². The van der Waals surface area contributed by atoms with Crippen molar-refractivity contribution in [3.8, 4) is 5.75 Å². The first-order valence-electron chi connectivity index (χ1n) is 8.51. The Balaban J connectivity index is 1.90. The monoisotopic (exact) mass is 309 g/mol. The number of hydrogen-bond donors (Lipinski definition) is 1. The molecule has 0 saturated heterocycles. The molecule has 0 atom stereocenters. The molecule has 122 valence electrons. The third kappa shape index (κ3) is 3.08. The summed E-state index contributed by atoms with van der Waals surface area (Å²) in [5.41, 5.74) is 6.24. The summed E-state index contributed by atoms with van der Waals surface area (Å²) in [6.07, 6.45) is 3.62. The minimum absolute atomic E-state index is 0.0489. The predicted molar refractivity (Wildman–Crippen MR) is 97.4 cm³/mol. The Morgan fingerprint density at radius 2 is 1.78 bits per heavy atom. The predicted octanol–water partition coefficient (Wildman–Crippen LogP) is 4.81. The van der Waals surface area contributed by atoms with Gasteiger partial charge in [-0.15, -0.1) is 0 Å². The maximum atomic E-state index is 10.7. The van der Waals surface area contributed by atoms with Gasteiger partial charge >= 0.3 is 0 Å². The molecular formula is C21H27NO. The molecule has 0 unspecified atom stereocenters. The Bertz CT molecular complexity index is 712. The molecule has 23 heavy (non-hydrogen) atoms. The number of para-hydroxylation sites is 1. The highest BCUT2D eigenvalue weighted by Gasteiger charge is 2.21. The van der Waals surface area contributed by atoms with Crippen molar-refractivity contribution in [2.45, 2.75) is 52.0 Å². The lowest BCUT2D eigenvalue weighted by molar-refractivity contribution is 0.440. The van der Waals surface area contributed by atoms with Gasteiger partial charge in [0.15, 0.2) is 0 Å². The Kier molecular flexibility index (Phi) is 4.09. The van der Waals surface area contributed by atoms with Crippen molar-refractivity contribution in [3.05, 3.63) is 58.7 Å². The molecular weight excluding hydrogens is 282 g/mol. The van der Waals surface area contributed by atoms with Gasteiger partial charge in [0, 0.05) is 24.8 Å². The number of hydrogen-bond acceptors (Lipinski definition) is 2. The van der Waals surface area contributed by atoms with Crippen LogP contribution in [0.15, 0.2) is 36.4 Å². The van der Waals surface area contributed by atoms with Gasteiger partial charge in [-0.25, -0.2) is 0 Å². The van der Waals surface area contributed by atoms with Gasteiger partial charge < -0.3 is 10.0 Å². The molecule has 0 amide bonds. The van der Waals surface area contributed by atoms with E-state index in [2.05, 4.69) is 57.0 Å². The van der Waals surface area contributed by atoms with Crippen LogP contribution in [0, 0.1) is 0 Å². The van der Waals surface area contributed by atoms with E-state index in [1.165, 1.54) is 36.1 Å². The van der Waals surface area contributed by atoms with Crippen LogP contribution < -0.4 is 4.90 Å². The van der Waals surface area contributed by atoms with Gasteiger partial charge in [0.25, 0.3) is 0 Å². The van der Waals surface area contributed by atoms with E-state index < -0.39 is 0 Å². The maximum absolute atomic E-state index is 10.7. The van der Waals surface area contributed by atoms with Gasteiger partial charge in [-0.3, -0.25) is 0 Å². The average Bonchev–Trinajstić information content (AvgIpc) is 2.96. The molecule has 1 aliphatic rings. The highest BCUT2D eigenvalue weighted by molar-refractivity contribution is 5.59. The number of aromatic hydroxyl groups is 1. The van der Waals surface area contributed by atoms with E-state index in [1.807, 2.05) is 12.1 Å². The van der Waals surface area contributed by atoms with Gasteiger partial charge in [-0.1, -0.05) is 51.1 Å². The van der Waals surface area contributed by atoms with E-state index in [1.54, 1.807) is 0 Å². The molecule has 0 heterocycles. The largest absolute Gasteiger partial charge is 0.507 e. The fourth-order valence-corrected chi connectivity index (χ4v) is 3.62. The van der Waals surface area contributed by atoms with Gasteiger partial charge in [0.05, 0.1) is 0 Å². The quantitative estimate of drug-likeness (QED) is 0.879. The van der Waals surface area contributed by atoms with Crippen LogP contribution in [0.3, 0.4) is 0 Å². The molecule has 0 spiro atoms. The molecule has 1 aliphatic carbocycles. The number of rotatable bonds is 3. The Labute approximate surface area is 139 Å². The number of benzene rings is 2. The fraction of sp³-hybridized carbons (Fsp3) is 0.429. The van der Waals surface area contributed by atoms with Gasteiger partial charge in [-0.05, 0) is 47.4 Å². The minimum atomic E-state index is -0.0489. The third-order valence-electron chi connectivity index (χ3n) is 4.87. The molecule has 3 rings (SSSR count). The van der Waals surface area contributed by atoms with Crippen LogP contribution in [0.25, 0.3) is 0 Å². The Morgan fingerprint density at radius 1 is 1.04 bits per heavy atom. The molecule has 2 heteroatoms. The molecule has 0 aromatic heterocycles. The fourth-order valence-electron chi connectivity index (χ4n) is 3.62. The zero-order valence-corrected chi connectivity index (χ0v) is 14.7. The molecule has 2 aromatic carbocycles. The summed E-state index contributed by atoms with van der Waals surface area (Å²) in [6.45, 7) is 7.14. The van der Waals surface area contributed by atoms with Crippen LogP contribution >= 0.6 is 0 Å².